The van der Waals surface area contributed by atoms with Crippen LogP contribution in [0.1, 0.15) is 13.0 Å². The van der Waals surface area contributed by atoms with E-state index in [0.717, 1.165) is 24.6 Å². The molecule has 2 saturated heterocycles. The van der Waals surface area contributed by atoms with Crippen molar-refractivity contribution >= 4 is 35.3 Å². The van der Waals surface area contributed by atoms with Gasteiger partial charge in [-0.05, 0) is 13.0 Å². The third-order valence-electron chi connectivity index (χ3n) is 4.05. The Labute approximate surface area is 138 Å². The van der Waals surface area contributed by atoms with E-state index in [1.165, 1.54) is 0 Å². The Morgan fingerprint density at radius 1 is 1.27 bits per heavy atom. The second kappa shape index (κ2) is 6.95. The smallest absolute Gasteiger partial charge is 0.248 e. The van der Waals surface area contributed by atoms with Gasteiger partial charge in [-0.15, -0.1) is 11.8 Å². The normalized spacial score (nSPS) is 23.6. The van der Waals surface area contributed by atoms with E-state index >= 15 is 0 Å². The zero-order valence-corrected chi connectivity index (χ0v) is 14.2. The summed E-state index contributed by atoms with van der Waals surface area (Å²) in [5.74, 6) is 3.33. The maximum absolute atomic E-state index is 12.7. The number of carbonyl (C=O) groups is 2. The van der Waals surface area contributed by atoms with Gasteiger partial charge in [0.05, 0.1) is 5.88 Å². The molecule has 2 fully saturated rings. The van der Waals surface area contributed by atoms with E-state index in [1.54, 1.807) is 39.8 Å². The molecule has 0 spiro atoms. The Morgan fingerprint density at radius 2 is 2.05 bits per heavy atom. The fourth-order valence-electron chi connectivity index (χ4n) is 2.72. The summed E-state index contributed by atoms with van der Waals surface area (Å²) < 4.78 is 1.64. The number of hydrogen-bond acceptors (Lipinski definition) is 5. The highest BCUT2D eigenvalue weighted by Gasteiger charge is 2.39. The van der Waals surface area contributed by atoms with Gasteiger partial charge in [0.1, 0.15) is 12.1 Å². The average Bonchev–Trinajstić information content (AvgIpc) is 3.24. The average molecular weight is 340 g/mol. The maximum Gasteiger partial charge on any atom is 0.248 e. The number of nitrogens with zero attached hydrogens (tertiary/aromatic N) is 4. The van der Waals surface area contributed by atoms with Gasteiger partial charge >= 0.3 is 0 Å². The molecule has 0 unspecified atom stereocenters. The summed E-state index contributed by atoms with van der Waals surface area (Å²) in [6.07, 6.45) is 3.45. The van der Waals surface area contributed by atoms with Gasteiger partial charge in [0.25, 0.3) is 0 Å². The van der Waals surface area contributed by atoms with Crippen molar-refractivity contribution in [3.05, 3.63) is 18.5 Å². The van der Waals surface area contributed by atoms with Gasteiger partial charge in [-0.3, -0.25) is 14.3 Å². The minimum Gasteiger partial charge on any atom is -0.339 e. The van der Waals surface area contributed by atoms with Crippen LogP contribution in [0.25, 0.3) is 0 Å². The van der Waals surface area contributed by atoms with E-state index in [9.17, 15) is 9.59 Å². The lowest BCUT2D eigenvalue weighted by atomic mass is 10.2. The lowest BCUT2D eigenvalue weighted by Crippen LogP contribution is -2.52. The van der Waals surface area contributed by atoms with Crippen LogP contribution >= 0.6 is 23.5 Å². The second-order valence-electron chi connectivity index (χ2n) is 5.42. The van der Waals surface area contributed by atoms with Crippen molar-refractivity contribution in [3.63, 3.8) is 0 Å². The second-order valence-corrected chi connectivity index (χ2v) is 7.65. The Bertz CT molecular complexity index is 531. The van der Waals surface area contributed by atoms with Gasteiger partial charge in [0.15, 0.2) is 0 Å². The first-order valence-corrected chi connectivity index (χ1v) is 9.73. The molecule has 0 radical (unpaired) electrons. The van der Waals surface area contributed by atoms with Crippen molar-refractivity contribution in [2.75, 3.05) is 36.2 Å². The Morgan fingerprint density at radius 3 is 2.73 bits per heavy atom. The van der Waals surface area contributed by atoms with Crippen molar-refractivity contribution in [1.29, 1.82) is 0 Å². The van der Waals surface area contributed by atoms with Crippen LogP contribution in [-0.4, -0.2) is 73.7 Å². The number of hydrogen-bond donors (Lipinski definition) is 0. The summed E-state index contributed by atoms with van der Waals surface area (Å²) in [4.78, 5) is 29.1. The van der Waals surface area contributed by atoms with Gasteiger partial charge < -0.3 is 9.80 Å². The molecule has 2 atom stereocenters. The molecular weight excluding hydrogens is 320 g/mol. The van der Waals surface area contributed by atoms with E-state index in [0.29, 0.717) is 11.6 Å². The number of rotatable bonds is 3. The largest absolute Gasteiger partial charge is 0.339 e. The summed E-state index contributed by atoms with van der Waals surface area (Å²) >= 11 is 3.53. The predicted molar refractivity (Wildman–Crippen MR) is 88.8 cm³/mol. The van der Waals surface area contributed by atoms with Crippen molar-refractivity contribution in [2.45, 2.75) is 19.0 Å². The van der Waals surface area contributed by atoms with Gasteiger partial charge in [0.2, 0.25) is 11.8 Å². The topological polar surface area (TPSA) is 58.4 Å². The molecule has 0 bridgehead atoms. The minimum atomic E-state index is -0.374. The van der Waals surface area contributed by atoms with E-state index in [1.807, 2.05) is 23.6 Å². The monoisotopic (exact) mass is 340 g/mol. The molecule has 3 heterocycles. The van der Waals surface area contributed by atoms with Crippen LogP contribution < -0.4 is 0 Å². The van der Waals surface area contributed by atoms with Crippen LogP contribution in [0.5, 0.6) is 0 Å². The Balaban J connectivity index is 1.69. The minimum absolute atomic E-state index is 0.0292. The molecular formula is C14H20N4O2S2. The van der Waals surface area contributed by atoms with Crippen molar-refractivity contribution in [3.8, 4) is 0 Å². The highest BCUT2D eigenvalue weighted by atomic mass is 32.2. The SMILES string of the molecule is C[C@@H](C(=O)N1CSC[C@H]1C(=O)N1CCSCC1)n1cccn1. The standard InChI is InChI=1S/C14H20N4O2S2/c1-11(18-4-2-3-15-18)13(19)17-10-22-9-12(17)14(20)16-5-7-21-8-6-16/h2-4,11-12H,5-10H2,1H3/t11-,12-/m0/s1. The first-order valence-electron chi connectivity index (χ1n) is 7.42. The van der Waals surface area contributed by atoms with Crippen molar-refractivity contribution < 1.29 is 9.59 Å². The third-order valence-corrected chi connectivity index (χ3v) is 6.01. The summed E-state index contributed by atoms with van der Waals surface area (Å²) in [6, 6.07) is 1.11. The van der Waals surface area contributed by atoms with E-state index in [-0.39, 0.29) is 23.9 Å². The molecule has 6 nitrogen and oxygen atoms in total. The lowest BCUT2D eigenvalue weighted by Gasteiger charge is -2.32. The zero-order valence-electron chi connectivity index (χ0n) is 12.6. The van der Waals surface area contributed by atoms with Crippen LogP contribution in [0.15, 0.2) is 18.5 Å². The lowest BCUT2D eigenvalue weighted by molar-refractivity contribution is -0.144. The highest BCUT2D eigenvalue weighted by molar-refractivity contribution is 7.99. The predicted octanol–water partition coefficient (Wildman–Crippen LogP) is 0.921. The number of aromatic nitrogens is 2. The van der Waals surface area contributed by atoms with Crippen LogP contribution in [0.3, 0.4) is 0 Å². The van der Waals surface area contributed by atoms with Gasteiger partial charge in [-0.1, -0.05) is 0 Å². The molecule has 120 valence electrons. The summed E-state index contributed by atoms with van der Waals surface area (Å²) in [5.41, 5.74) is 0. The highest BCUT2D eigenvalue weighted by Crippen LogP contribution is 2.26. The number of carbonyl (C=O) groups excluding carboxylic acids is 2. The molecule has 1 aromatic rings. The fraction of sp³-hybridized carbons (Fsp3) is 0.643. The van der Waals surface area contributed by atoms with Gasteiger partial charge in [-0.25, -0.2) is 0 Å². The van der Waals surface area contributed by atoms with E-state index < -0.39 is 0 Å². The number of thioether (sulfide) groups is 2. The zero-order chi connectivity index (χ0) is 15.5. The molecule has 0 aromatic carbocycles. The quantitative estimate of drug-likeness (QED) is 0.819. The molecule has 1 aromatic heterocycles. The van der Waals surface area contributed by atoms with Crippen LogP contribution in [0.4, 0.5) is 0 Å². The van der Waals surface area contributed by atoms with E-state index in [2.05, 4.69) is 5.10 Å². The van der Waals surface area contributed by atoms with Crippen molar-refractivity contribution in [1.82, 2.24) is 19.6 Å². The molecule has 2 aliphatic rings. The first kappa shape index (κ1) is 15.7. The molecule has 2 aliphatic heterocycles. The van der Waals surface area contributed by atoms with Crippen LogP contribution in [0.2, 0.25) is 0 Å². The van der Waals surface area contributed by atoms with E-state index in [4.69, 9.17) is 0 Å². The fourth-order valence-corrected chi connectivity index (χ4v) is 4.78. The number of amides is 2. The van der Waals surface area contributed by atoms with Gasteiger partial charge in [-0.2, -0.15) is 16.9 Å². The third kappa shape index (κ3) is 3.12. The molecule has 0 N–H and O–H groups in total. The van der Waals surface area contributed by atoms with Crippen LogP contribution in [-0.2, 0) is 9.59 Å². The maximum atomic E-state index is 12.7. The van der Waals surface area contributed by atoms with Crippen LogP contribution in [0, 0.1) is 0 Å². The summed E-state index contributed by atoms with van der Waals surface area (Å²) in [7, 11) is 0. The Hall–Kier alpha value is -1.15. The molecule has 0 saturated carbocycles. The summed E-state index contributed by atoms with van der Waals surface area (Å²) in [5, 5.41) is 4.13. The molecule has 22 heavy (non-hydrogen) atoms. The molecule has 3 rings (SSSR count). The molecule has 8 heteroatoms. The summed E-state index contributed by atoms with van der Waals surface area (Å²) in [6.45, 7) is 3.42. The van der Waals surface area contributed by atoms with Crippen molar-refractivity contribution in [2.24, 2.45) is 0 Å². The molecule has 0 aliphatic carbocycles. The first-order chi connectivity index (χ1) is 10.7. The van der Waals surface area contributed by atoms with Gasteiger partial charge in [0, 0.05) is 42.7 Å². The molecule has 2 amide bonds. The Kier molecular flexibility index (Phi) is 4.97.